The normalized spacial score (nSPS) is 18.9. The van der Waals surface area contributed by atoms with Crippen LogP contribution in [0.5, 0.6) is 5.75 Å². The second-order valence-electron chi connectivity index (χ2n) is 8.91. The monoisotopic (exact) mass is 516 g/mol. The molecular weight excluding hydrogens is 485 g/mol. The Morgan fingerprint density at radius 1 is 1.26 bits per heavy atom. The molecule has 194 valence electrons. The van der Waals surface area contributed by atoms with Crippen LogP contribution in [0, 0.1) is 5.92 Å². The first kappa shape index (κ1) is 27.0. The van der Waals surface area contributed by atoms with Crippen molar-refractivity contribution in [1.29, 1.82) is 0 Å². The maximum atomic E-state index is 12.8. The van der Waals surface area contributed by atoms with Crippen LogP contribution in [0.15, 0.2) is 18.5 Å². The number of carbonyl (C=O) groups excluding carboxylic acids is 1. The number of amides is 1. The molecule has 0 aromatic carbocycles. The summed E-state index contributed by atoms with van der Waals surface area (Å²) in [4.78, 5) is 21.3. The molecule has 0 bridgehead atoms. The average Bonchev–Trinajstić information content (AvgIpc) is 3.24. The van der Waals surface area contributed by atoms with E-state index in [2.05, 4.69) is 15.3 Å². The van der Waals surface area contributed by atoms with E-state index in [0.29, 0.717) is 43.1 Å². The number of hydrogen-bond acceptors (Lipinski definition) is 6. The molecule has 8 nitrogen and oxygen atoms in total. The number of methoxy groups -OCH3 is 1. The van der Waals surface area contributed by atoms with Gasteiger partial charge in [0.25, 0.3) is 5.91 Å². The topological polar surface area (TPSA) is 103 Å². The van der Waals surface area contributed by atoms with Gasteiger partial charge in [0.05, 0.1) is 18.6 Å². The van der Waals surface area contributed by atoms with E-state index in [1.807, 2.05) is 6.92 Å². The Kier molecular flexibility index (Phi) is 8.45. The number of rotatable bonds is 9. The highest BCUT2D eigenvalue weighted by atomic mass is 32.2. The molecule has 1 aliphatic carbocycles. The second-order valence-corrected chi connectivity index (χ2v) is 11.2. The zero-order chi connectivity index (χ0) is 25.8. The zero-order valence-corrected chi connectivity index (χ0v) is 20.9. The van der Waals surface area contributed by atoms with Gasteiger partial charge in [-0.15, -0.1) is 0 Å². The lowest BCUT2D eigenvalue weighted by Gasteiger charge is -2.27. The number of aryl methyl sites for hydroxylation is 2. The first-order valence-electron chi connectivity index (χ1n) is 11.6. The predicted octanol–water partition coefficient (Wildman–Crippen LogP) is 3.67. The van der Waals surface area contributed by atoms with Gasteiger partial charge in [0.1, 0.15) is 32.8 Å². The van der Waals surface area contributed by atoms with Crippen LogP contribution in [0.4, 0.5) is 13.2 Å². The van der Waals surface area contributed by atoms with Crippen molar-refractivity contribution in [3.05, 3.63) is 35.7 Å². The third kappa shape index (κ3) is 7.18. The van der Waals surface area contributed by atoms with Gasteiger partial charge in [0, 0.05) is 43.6 Å². The standard InChI is InChI=1S/C23H31F3N4O4S/c1-4-21-29-18(22(31)28-12-15-5-7-17(8-6-15)35(3,32)33)14-30(21)19-13-27-16(11-20(19)34-2)9-10-23(24,25)26/h11,13-15,17H,4-10,12H2,1-3H3,(H,28,31)/t15-,17-. The van der Waals surface area contributed by atoms with Crippen molar-refractivity contribution in [1.82, 2.24) is 19.9 Å². The summed E-state index contributed by atoms with van der Waals surface area (Å²) in [5, 5.41) is 2.58. The number of hydrogen-bond donors (Lipinski definition) is 1. The van der Waals surface area contributed by atoms with Crippen molar-refractivity contribution in [2.75, 3.05) is 19.9 Å². The first-order valence-corrected chi connectivity index (χ1v) is 13.5. The molecule has 2 aromatic rings. The van der Waals surface area contributed by atoms with Crippen LogP contribution >= 0.6 is 0 Å². The molecule has 1 fully saturated rings. The number of pyridine rings is 1. The van der Waals surface area contributed by atoms with Crippen molar-refractivity contribution < 1.29 is 31.1 Å². The molecule has 0 spiro atoms. The Hall–Kier alpha value is -2.63. The number of alkyl halides is 3. The summed E-state index contributed by atoms with van der Waals surface area (Å²) in [7, 11) is -1.62. The number of ether oxygens (including phenoxy) is 1. The predicted molar refractivity (Wildman–Crippen MR) is 125 cm³/mol. The maximum Gasteiger partial charge on any atom is 0.389 e. The Labute approximate surface area is 203 Å². The highest BCUT2D eigenvalue weighted by Crippen LogP contribution is 2.29. The highest BCUT2D eigenvalue weighted by Gasteiger charge is 2.29. The van der Waals surface area contributed by atoms with Crippen molar-refractivity contribution in [3.63, 3.8) is 0 Å². The largest absolute Gasteiger partial charge is 0.494 e. The fourth-order valence-electron chi connectivity index (χ4n) is 4.30. The fourth-order valence-corrected chi connectivity index (χ4v) is 5.43. The lowest BCUT2D eigenvalue weighted by Crippen LogP contribution is -2.34. The van der Waals surface area contributed by atoms with Crippen molar-refractivity contribution in [3.8, 4) is 11.4 Å². The summed E-state index contributed by atoms with van der Waals surface area (Å²) < 4.78 is 68.2. The number of aromatic nitrogens is 3. The number of nitrogens with zero attached hydrogens (tertiary/aromatic N) is 3. The summed E-state index contributed by atoms with van der Waals surface area (Å²) in [6.07, 6.45) is 1.90. The molecule has 1 amide bonds. The molecule has 0 aliphatic heterocycles. The molecule has 12 heteroatoms. The molecule has 3 rings (SSSR count). The summed E-state index contributed by atoms with van der Waals surface area (Å²) in [6.45, 7) is 2.31. The number of imidazole rings is 1. The van der Waals surface area contributed by atoms with Crippen LogP contribution in [0.1, 0.15) is 61.0 Å². The Balaban J connectivity index is 1.69. The third-order valence-corrected chi connectivity index (χ3v) is 8.01. The number of carbonyl (C=O) groups is 1. The van der Waals surface area contributed by atoms with E-state index < -0.39 is 22.4 Å². The summed E-state index contributed by atoms with van der Waals surface area (Å²) in [6, 6.07) is 1.47. The van der Waals surface area contributed by atoms with Crippen LogP contribution in [0.25, 0.3) is 5.69 Å². The van der Waals surface area contributed by atoms with Crippen LogP contribution in [-0.4, -0.2) is 60.2 Å². The molecule has 35 heavy (non-hydrogen) atoms. The van der Waals surface area contributed by atoms with E-state index in [1.165, 1.54) is 25.6 Å². The lowest BCUT2D eigenvalue weighted by molar-refractivity contribution is -0.134. The molecule has 1 aliphatic rings. The van der Waals surface area contributed by atoms with Gasteiger partial charge in [0.2, 0.25) is 0 Å². The van der Waals surface area contributed by atoms with E-state index >= 15 is 0 Å². The van der Waals surface area contributed by atoms with Gasteiger partial charge < -0.3 is 10.1 Å². The van der Waals surface area contributed by atoms with Crippen LogP contribution in [-0.2, 0) is 22.7 Å². The van der Waals surface area contributed by atoms with Crippen molar-refractivity contribution in [2.45, 2.75) is 63.3 Å². The van der Waals surface area contributed by atoms with Crippen LogP contribution in [0.3, 0.4) is 0 Å². The Morgan fingerprint density at radius 3 is 2.51 bits per heavy atom. The van der Waals surface area contributed by atoms with Gasteiger partial charge in [-0.05, 0) is 38.0 Å². The van der Waals surface area contributed by atoms with E-state index in [-0.39, 0.29) is 34.9 Å². The lowest BCUT2D eigenvalue weighted by atomic mass is 9.89. The molecule has 2 heterocycles. The molecule has 0 radical (unpaired) electrons. The average molecular weight is 517 g/mol. The molecule has 1 saturated carbocycles. The highest BCUT2D eigenvalue weighted by molar-refractivity contribution is 7.91. The van der Waals surface area contributed by atoms with Crippen LogP contribution < -0.4 is 10.1 Å². The van der Waals surface area contributed by atoms with E-state index in [1.54, 1.807) is 10.8 Å². The van der Waals surface area contributed by atoms with Crippen molar-refractivity contribution in [2.24, 2.45) is 5.92 Å². The van der Waals surface area contributed by atoms with E-state index in [0.717, 1.165) is 12.8 Å². The van der Waals surface area contributed by atoms with Gasteiger partial charge in [-0.2, -0.15) is 13.2 Å². The van der Waals surface area contributed by atoms with Gasteiger partial charge in [-0.3, -0.25) is 14.3 Å². The number of sulfone groups is 1. The SMILES string of the molecule is CCc1nc(C(=O)NC[C@H]2CC[C@H](S(C)(=O)=O)CC2)cn1-c1cnc(CCC(F)(F)F)cc1OC. The summed E-state index contributed by atoms with van der Waals surface area (Å²) in [5.74, 6) is 0.765. The van der Waals surface area contributed by atoms with Gasteiger partial charge in [-0.1, -0.05) is 6.92 Å². The minimum atomic E-state index is -4.28. The summed E-state index contributed by atoms with van der Waals surface area (Å²) >= 11 is 0. The number of halogens is 3. The summed E-state index contributed by atoms with van der Waals surface area (Å²) in [5.41, 5.74) is 0.935. The molecule has 0 unspecified atom stereocenters. The van der Waals surface area contributed by atoms with Crippen molar-refractivity contribution >= 4 is 15.7 Å². The molecule has 2 aromatic heterocycles. The Morgan fingerprint density at radius 2 is 1.94 bits per heavy atom. The maximum absolute atomic E-state index is 12.8. The van der Waals surface area contributed by atoms with Gasteiger partial charge in [0.15, 0.2) is 0 Å². The fraction of sp³-hybridized carbons (Fsp3) is 0.609. The third-order valence-electron chi connectivity index (χ3n) is 6.33. The van der Waals surface area contributed by atoms with E-state index in [9.17, 15) is 26.4 Å². The molecular formula is C23H31F3N4O4S. The Bertz CT molecular complexity index is 1140. The van der Waals surface area contributed by atoms with E-state index in [4.69, 9.17) is 4.74 Å². The smallest absolute Gasteiger partial charge is 0.389 e. The van der Waals surface area contributed by atoms with Gasteiger partial charge >= 0.3 is 6.18 Å². The minimum Gasteiger partial charge on any atom is -0.494 e. The quantitative estimate of drug-likeness (QED) is 0.546. The molecule has 1 N–H and O–H groups in total. The number of nitrogens with one attached hydrogen (secondary N) is 1. The first-order chi connectivity index (χ1) is 16.4. The minimum absolute atomic E-state index is 0.204. The van der Waals surface area contributed by atoms with Gasteiger partial charge in [-0.25, -0.2) is 13.4 Å². The molecule has 0 saturated heterocycles. The van der Waals surface area contributed by atoms with Crippen LogP contribution in [0.2, 0.25) is 0 Å². The zero-order valence-electron chi connectivity index (χ0n) is 20.1. The molecule has 0 atom stereocenters. The second kappa shape index (κ2) is 11.0.